The summed E-state index contributed by atoms with van der Waals surface area (Å²) in [6.45, 7) is 1.95. The minimum atomic E-state index is -0.0487. The molecule has 0 N–H and O–H groups in total. The molecule has 0 nitrogen and oxygen atoms in total. The first-order valence-corrected chi connectivity index (χ1v) is 8.19. The van der Waals surface area contributed by atoms with E-state index in [0.29, 0.717) is 0 Å². The van der Waals surface area contributed by atoms with Crippen LogP contribution in [0, 0.1) is 24.6 Å². The first kappa shape index (κ1) is 13.9. The van der Waals surface area contributed by atoms with E-state index in [2.05, 4.69) is 6.08 Å². The standard InChI is InChI=1S/C19H25F/c1-14-7-12-18(19(20)13-14)17-10-8-16(9-11-17)15-5-3-2-4-6-15/h7,10,12-13,15-16H,2-6,8-9,11H2,1H3. The zero-order chi connectivity index (χ0) is 13.9. The zero-order valence-electron chi connectivity index (χ0n) is 12.5. The van der Waals surface area contributed by atoms with Crippen LogP contribution in [0.4, 0.5) is 4.39 Å². The molecule has 108 valence electrons. The molecule has 0 amide bonds. The van der Waals surface area contributed by atoms with Crippen molar-refractivity contribution in [1.29, 1.82) is 0 Å². The normalized spacial score (nSPS) is 24.5. The van der Waals surface area contributed by atoms with Gasteiger partial charge in [-0.25, -0.2) is 4.39 Å². The molecule has 1 saturated carbocycles. The van der Waals surface area contributed by atoms with Gasteiger partial charge in [0.1, 0.15) is 5.82 Å². The van der Waals surface area contributed by atoms with Gasteiger partial charge in [-0.05, 0) is 55.2 Å². The van der Waals surface area contributed by atoms with Crippen molar-refractivity contribution in [3.63, 3.8) is 0 Å². The van der Waals surface area contributed by atoms with Crippen molar-refractivity contribution >= 4 is 5.57 Å². The number of hydrogen-bond acceptors (Lipinski definition) is 0. The number of rotatable bonds is 2. The second-order valence-electron chi connectivity index (χ2n) is 6.65. The second kappa shape index (κ2) is 6.11. The fourth-order valence-electron chi connectivity index (χ4n) is 4.01. The Kier molecular flexibility index (Phi) is 4.24. The molecule has 2 aliphatic rings. The molecule has 1 aromatic carbocycles. The number of allylic oxidation sites excluding steroid dienone is 2. The van der Waals surface area contributed by atoms with Crippen molar-refractivity contribution in [2.24, 2.45) is 11.8 Å². The molecule has 0 radical (unpaired) electrons. The van der Waals surface area contributed by atoms with Crippen LogP contribution >= 0.6 is 0 Å². The maximum atomic E-state index is 14.0. The molecule has 1 unspecified atom stereocenters. The third kappa shape index (κ3) is 2.97. The maximum Gasteiger partial charge on any atom is 0.130 e. The summed E-state index contributed by atoms with van der Waals surface area (Å²) in [4.78, 5) is 0. The van der Waals surface area contributed by atoms with Gasteiger partial charge >= 0.3 is 0 Å². The van der Waals surface area contributed by atoms with E-state index in [1.807, 2.05) is 19.1 Å². The monoisotopic (exact) mass is 272 g/mol. The molecule has 1 aromatic rings. The Labute approximate surface area is 122 Å². The lowest BCUT2D eigenvalue weighted by Gasteiger charge is -2.32. The van der Waals surface area contributed by atoms with Crippen molar-refractivity contribution in [3.8, 4) is 0 Å². The van der Waals surface area contributed by atoms with Crippen LogP contribution in [0.3, 0.4) is 0 Å². The SMILES string of the molecule is Cc1ccc(C2=CCC(C3CCCCC3)CC2)c(F)c1. The minimum absolute atomic E-state index is 0.0487. The maximum absolute atomic E-state index is 14.0. The lowest BCUT2D eigenvalue weighted by molar-refractivity contribution is 0.235. The Morgan fingerprint density at radius 2 is 1.80 bits per heavy atom. The molecule has 0 saturated heterocycles. The van der Waals surface area contributed by atoms with Crippen LogP contribution in [0.2, 0.25) is 0 Å². The van der Waals surface area contributed by atoms with E-state index in [9.17, 15) is 4.39 Å². The van der Waals surface area contributed by atoms with Crippen LogP contribution in [0.1, 0.15) is 62.5 Å². The molecule has 1 atom stereocenters. The van der Waals surface area contributed by atoms with E-state index in [4.69, 9.17) is 0 Å². The third-order valence-corrected chi connectivity index (χ3v) is 5.24. The molecular weight excluding hydrogens is 247 g/mol. The van der Waals surface area contributed by atoms with Crippen LogP contribution in [-0.4, -0.2) is 0 Å². The van der Waals surface area contributed by atoms with Crippen molar-refractivity contribution in [1.82, 2.24) is 0 Å². The largest absolute Gasteiger partial charge is 0.206 e. The summed E-state index contributed by atoms with van der Waals surface area (Å²) in [5.41, 5.74) is 3.06. The van der Waals surface area contributed by atoms with Gasteiger partial charge in [0.05, 0.1) is 0 Å². The number of aryl methyl sites for hydroxylation is 1. The first-order chi connectivity index (χ1) is 9.74. The number of benzene rings is 1. The van der Waals surface area contributed by atoms with Gasteiger partial charge in [-0.1, -0.05) is 50.3 Å². The van der Waals surface area contributed by atoms with Crippen molar-refractivity contribution in [3.05, 3.63) is 41.2 Å². The summed E-state index contributed by atoms with van der Waals surface area (Å²) >= 11 is 0. The van der Waals surface area contributed by atoms with Crippen molar-refractivity contribution in [2.75, 3.05) is 0 Å². The Bertz CT molecular complexity index is 494. The molecule has 20 heavy (non-hydrogen) atoms. The van der Waals surface area contributed by atoms with E-state index in [-0.39, 0.29) is 5.82 Å². The fourth-order valence-corrected chi connectivity index (χ4v) is 4.01. The highest BCUT2D eigenvalue weighted by Gasteiger charge is 2.25. The average molecular weight is 272 g/mol. The summed E-state index contributed by atoms with van der Waals surface area (Å²) < 4.78 is 14.0. The molecule has 1 fully saturated rings. The molecule has 0 spiro atoms. The number of halogens is 1. The van der Waals surface area contributed by atoms with Gasteiger partial charge in [0.25, 0.3) is 0 Å². The summed E-state index contributed by atoms with van der Waals surface area (Å²) in [6.07, 6.45) is 12.9. The van der Waals surface area contributed by atoms with E-state index >= 15 is 0 Å². The first-order valence-electron chi connectivity index (χ1n) is 8.19. The molecule has 0 heterocycles. The summed E-state index contributed by atoms with van der Waals surface area (Å²) in [5, 5.41) is 0. The number of hydrogen-bond donors (Lipinski definition) is 0. The Balaban J connectivity index is 1.70. The van der Waals surface area contributed by atoms with E-state index < -0.39 is 0 Å². The van der Waals surface area contributed by atoms with E-state index in [1.54, 1.807) is 6.07 Å². The summed E-state index contributed by atoms with van der Waals surface area (Å²) in [7, 11) is 0. The molecule has 2 aliphatic carbocycles. The molecule has 1 heteroatoms. The van der Waals surface area contributed by atoms with Crippen LogP contribution in [0.15, 0.2) is 24.3 Å². The highest BCUT2D eigenvalue weighted by Crippen LogP contribution is 2.40. The zero-order valence-corrected chi connectivity index (χ0v) is 12.5. The minimum Gasteiger partial charge on any atom is -0.206 e. The van der Waals surface area contributed by atoms with E-state index in [0.717, 1.165) is 35.8 Å². The highest BCUT2D eigenvalue weighted by atomic mass is 19.1. The van der Waals surface area contributed by atoms with Gasteiger partial charge in [0.2, 0.25) is 0 Å². The smallest absolute Gasteiger partial charge is 0.130 e. The van der Waals surface area contributed by atoms with Gasteiger partial charge in [0.15, 0.2) is 0 Å². The summed E-state index contributed by atoms with van der Waals surface area (Å²) in [5.74, 6) is 1.74. The summed E-state index contributed by atoms with van der Waals surface area (Å²) in [6, 6.07) is 5.63. The fraction of sp³-hybridized carbons (Fsp3) is 0.579. The van der Waals surface area contributed by atoms with Gasteiger partial charge in [0, 0.05) is 5.56 Å². The Morgan fingerprint density at radius 1 is 1.00 bits per heavy atom. The Morgan fingerprint density at radius 3 is 2.45 bits per heavy atom. The van der Waals surface area contributed by atoms with Crippen molar-refractivity contribution < 1.29 is 4.39 Å². The van der Waals surface area contributed by atoms with Crippen LogP contribution < -0.4 is 0 Å². The quantitative estimate of drug-likeness (QED) is 0.629. The van der Waals surface area contributed by atoms with Gasteiger partial charge in [-0.3, -0.25) is 0 Å². The molecule has 0 bridgehead atoms. The van der Waals surface area contributed by atoms with Gasteiger partial charge < -0.3 is 0 Å². The topological polar surface area (TPSA) is 0 Å². The molecule has 3 rings (SSSR count). The lowest BCUT2D eigenvalue weighted by Crippen LogP contribution is -2.19. The van der Waals surface area contributed by atoms with E-state index in [1.165, 1.54) is 44.1 Å². The second-order valence-corrected chi connectivity index (χ2v) is 6.65. The van der Waals surface area contributed by atoms with Crippen LogP contribution in [0.25, 0.3) is 5.57 Å². The van der Waals surface area contributed by atoms with Crippen LogP contribution in [0.5, 0.6) is 0 Å². The highest BCUT2D eigenvalue weighted by molar-refractivity contribution is 5.67. The Hall–Kier alpha value is -1.11. The predicted molar refractivity (Wildman–Crippen MR) is 83.0 cm³/mol. The van der Waals surface area contributed by atoms with Gasteiger partial charge in [-0.15, -0.1) is 0 Å². The van der Waals surface area contributed by atoms with Crippen LogP contribution in [-0.2, 0) is 0 Å². The molecular formula is C19H25F. The molecule has 0 aromatic heterocycles. The average Bonchev–Trinajstić information content (AvgIpc) is 2.48. The third-order valence-electron chi connectivity index (χ3n) is 5.24. The van der Waals surface area contributed by atoms with Gasteiger partial charge in [-0.2, -0.15) is 0 Å². The predicted octanol–water partition coefficient (Wildman–Crippen LogP) is 5.90. The van der Waals surface area contributed by atoms with Crippen molar-refractivity contribution in [2.45, 2.75) is 58.3 Å². The lowest BCUT2D eigenvalue weighted by atomic mass is 9.73. The molecule has 0 aliphatic heterocycles.